The van der Waals surface area contributed by atoms with E-state index in [2.05, 4.69) is 12.2 Å². The van der Waals surface area contributed by atoms with E-state index >= 15 is 0 Å². The van der Waals surface area contributed by atoms with Crippen LogP contribution in [0.2, 0.25) is 0 Å². The van der Waals surface area contributed by atoms with Crippen molar-refractivity contribution in [2.45, 2.75) is 6.42 Å². The Hall–Kier alpha value is -2.63. The fraction of sp³-hybridized carbons (Fsp3) is 0.421. The monoisotopic (exact) mass is 337 g/mol. The summed E-state index contributed by atoms with van der Waals surface area (Å²) in [6, 6.07) is 4.74. The third-order valence-electron chi connectivity index (χ3n) is 6.49. The van der Waals surface area contributed by atoms with Crippen molar-refractivity contribution >= 4 is 17.7 Å². The average molecular weight is 337 g/mol. The summed E-state index contributed by atoms with van der Waals surface area (Å²) in [7, 11) is 0. The molecule has 6 heteroatoms. The van der Waals surface area contributed by atoms with Crippen molar-refractivity contribution in [2.75, 3.05) is 6.79 Å². The summed E-state index contributed by atoms with van der Waals surface area (Å²) in [4.78, 5) is 39.7. The van der Waals surface area contributed by atoms with Gasteiger partial charge in [0, 0.05) is 5.56 Å². The zero-order chi connectivity index (χ0) is 16.9. The summed E-state index contributed by atoms with van der Waals surface area (Å²) in [6.45, 7) is 0.108. The maximum absolute atomic E-state index is 12.9. The summed E-state index contributed by atoms with van der Waals surface area (Å²) in [5, 5.41) is 0. The molecule has 1 aromatic rings. The van der Waals surface area contributed by atoms with Crippen LogP contribution in [0, 0.1) is 35.5 Å². The van der Waals surface area contributed by atoms with Gasteiger partial charge in [-0.2, -0.15) is 0 Å². The molecule has 2 bridgehead atoms. The normalized spacial score (nSPS) is 38.8. The molecule has 6 nitrogen and oxygen atoms in total. The van der Waals surface area contributed by atoms with Crippen molar-refractivity contribution in [1.29, 1.82) is 0 Å². The highest BCUT2D eigenvalue weighted by Crippen LogP contribution is 2.65. The first-order valence-corrected chi connectivity index (χ1v) is 8.65. The maximum atomic E-state index is 12.9. The largest absolute Gasteiger partial charge is 0.454 e. The smallest absolute Gasteiger partial charge is 0.267 e. The van der Waals surface area contributed by atoms with Gasteiger partial charge in [-0.25, -0.2) is 4.90 Å². The fourth-order valence-corrected chi connectivity index (χ4v) is 5.32. The van der Waals surface area contributed by atoms with E-state index in [1.165, 1.54) is 6.07 Å². The first-order valence-electron chi connectivity index (χ1n) is 8.65. The highest BCUT2D eigenvalue weighted by atomic mass is 16.7. The Bertz CT molecular complexity index is 854. The van der Waals surface area contributed by atoms with Crippen LogP contribution in [0.1, 0.15) is 16.8 Å². The second kappa shape index (κ2) is 4.31. The van der Waals surface area contributed by atoms with E-state index in [9.17, 15) is 14.4 Å². The van der Waals surface area contributed by atoms with Crippen LogP contribution < -0.4 is 9.47 Å². The molecule has 6 aliphatic rings. The molecule has 2 aliphatic heterocycles. The standard InChI is InChI=1S/C19H15NO5/c21-17(8-1-4-13-14(5-8)25-7-24-13)20-18(22)15-9-2-3-10(12-6-11(9)12)16(15)19(20)23/h1-5,9-12,15-16H,6-7H2/t9-,10-,11-,12-,15+,16+/m0/s1. The number of benzene rings is 1. The van der Waals surface area contributed by atoms with Crippen molar-refractivity contribution in [3.8, 4) is 11.5 Å². The van der Waals surface area contributed by atoms with Crippen LogP contribution in [-0.2, 0) is 9.59 Å². The molecule has 4 aliphatic carbocycles. The van der Waals surface area contributed by atoms with Crippen molar-refractivity contribution in [3.63, 3.8) is 0 Å². The summed E-state index contributed by atoms with van der Waals surface area (Å²) in [6.07, 6.45) is 5.30. The van der Waals surface area contributed by atoms with E-state index in [0.717, 1.165) is 11.3 Å². The number of imide groups is 3. The van der Waals surface area contributed by atoms with Gasteiger partial charge in [-0.05, 0) is 48.3 Å². The lowest BCUT2D eigenvalue weighted by Crippen LogP contribution is -2.40. The Balaban J connectivity index is 1.37. The molecule has 0 unspecified atom stereocenters. The Kier molecular flexibility index (Phi) is 2.35. The van der Waals surface area contributed by atoms with E-state index in [4.69, 9.17) is 9.47 Å². The predicted molar refractivity (Wildman–Crippen MR) is 83.4 cm³/mol. The second-order valence-electron chi connectivity index (χ2n) is 7.54. The van der Waals surface area contributed by atoms with E-state index in [-0.39, 0.29) is 47.8 Å². The minimum Gasteiger partial charge on any atom is -0.454 e. The molecule has 2 saturated carbocycles. The van der Waals surface area contributed by atoms with Gasteiger partial charge in [0.1, 0.15) is 0 Å². The Morgan fingerprint density at radius 3 is 2.28 bits per heavy atom. The molecule has 25 heavy (non-hydrogen) atoms. The SMILES string of the molecule is O=C(c1ccc2c(c1)OCO2)N1C(=O)[C@@H]2[C@H]3C=C[C@@H]([C@@H]4C[C@@H]34)[C@H]2C1=O. The Labute approximate surface area is 143 Å². The zero-order valence-corrected chi connectivity index (χ0v) is 13.3. The van der Waals surface area contributed by atoms with Crippen LogP contribution in [0.5, 0.6) is 11.5 Å². The molecule has 6 atom stereocenters. The average Bonchev–Trinajstić information content (AvgIpc) is 3.25. The fourth-order valence-electron chi connectivity index (χ4n) is 5.32. The third kappa shape index (κ3) is 1.57. The van der Waals surface area contributed by atoms with Crippen LogP contribution in [0.25, 0.3) is 0 Å². The molecule has 1 aromatic carbocycles. The van der Waals surface area contributed by atoms with Crippen LogP contribution in [0.4, 0.5) is 0 Å². The number of rotatable bonds is 1. The molecule has 3 amide bonds. The second-order valence-corrected chi connectivity index (χ2v) is 7.54. The molecular weight excluding hydrogens is 322 g/mol. The number of allylic oxidation sites excluding steroid dienone is 2. The molecule has 126 valence electrons. The number of carbonyl (C=O) groups excluding carboxylic acids is 3. The summed E-state index contributed by atoms with van der Waals surface area (Å²) in [5.74, 6) is 0.366. The summed E-state index contributed by atoms with van der Waals surface area (Å²) >= 11 is 0. The zero-order valence-electron chi connectivity index (χ0n) is 13.3. The van der Waals surface area contributed by atoms with Crippen LogP contribution in [0.15, 0.2) is 30.4 Å². The van der Waals surface area contributed by atoms with Crippen LogP contribution in [0.3, 0.4) is 0 Å². The lowest BCUT2D eigenvalue weighted by molar-refractivity contribution is -0.136. The van der Waals surface area contributed by atoms with Gasteiger partial charge in [-0.3, -0.25) is 14.4 Å². The summed E-state index contributed by atoms with van der Waals surface area (Å²) in [5.41, 5.74) is 0.273. The van der Waals surface area contributed by atoms with Crippen molar-refractivity contribution in [1.82, 2.24) is 4.90 Å². The molecule has 0 N–H and O–H groups in total. The van der Waals surface area contributed by atoms with Crippen molar-refractivity contribution < 1.29 is 23.9 Å². The van der Waals surface area contributed by atoms with E-state index in [1.807, 2.05) is 0 Å². The van der Waals surface area contributed by atoms with Gasteiger partial charge in [0.2, 0.25) is 18.6 Å². The molecule has 2 heterocycles. The number of amides is 3. The number of hydrogen-bond acceptors (Lipinski definition) is 5. The molecule has 0 radical (unpaired) electrons. The molecular formula is C19H15NO5. The number of carbonyl (C=O) groups is 3. The quantitative estimate of drug-likeness (QED) is 0.575. The van der Waals surface area contributed by atoms with Gasteiger partial charge < -0.3 is 9.47 Å². The van der Waals surface area contributed by atoms with Gasteiger partial charge >= 0.3 is 0 Å². The first-order chi connectivity index (χ1) is 12.1. The van der Waals surface area contributed by atoms with Crippen LogP contribution in [-0.4, -0.2) is 29.4 Å². The predicted octanol–water partition coefficient (Wildman–Crippen LogP) is 1.61. The minimum absolute atomic E-state index is 0.108. The van der Waals surface area contributed by atoms with E-state index in [0.29, 0.717) is 23.3 Å². The Morgan fingerprint density at radius 1 is 0.960 bits per heavy atom. The van der Waals surface area contributed by atoms with E-state index in [1.54, 1.807) is 12.1 Å². The summed E-state index contributed by atoms with van der Waals surface area (Å²) < 4.78 is 10.5. The van der Waals surface area contributed by atoms with E-state index < -0.39 is 5.91 Å². The highest BCUT2D eigenvalue weighted by Gasteiger charge is 2.67. The topological polar surface area (TPSA) is 72.9 Å². The molecule has 0 aromatic heterocycles. The van der Waals surface area contributed by atoms with Gasteiger partial charge in [0.05, 0.1) is 11.8 Å². The van der Waals surface area contributed by atoms with Gasteiger partial charge in [0.15, 0.2) is 11.5 Å². The van der Waals surface area contributed by atoms with Crippen LogP contribution >= 0.6 is 0 Å². The van der Waals surface area contributed by atoms with Gasteiger partial charge in [0.25, 0.3) is 5.91 Å². The number of ether oxygens (including phenoxy) is 2. The third-order valence-corrected chi connectivity index (χ3v) is 6.49. The molecule has 1 saturated heterocycles. The van der Waals surface area contributed by atoms with Gasteiger partial charge in [-0.15, -0.1) is 0 Å². The number of nitrogens with zero attached hydrogens (tertiary/aromatic N) is 1. The van der Waals surface area contributed by atoms with Crippen molar-refractivity contribution in [2.24, 2.45) is 35.5 Å². The van der Waals surface area contributed by atoms with Gasteiger partial charge in [-0.1, -0.05) is 12.2 Å². The first kappa shape index (κ1) is 13.6. The minimum atomic E-state index is -0.559. The number of hydrogen-bond donors (Lipinski definition) is 0. The molecule has 0 spiro atoms. The number of fused-ring (bicyclic) bond motifs is 1. The van der Waals surface area contributed by atoms with Crippen molar-refractivity contribution in [3.05, 3.63) is 35.9 Å². The highest BCUT2D eigenvalue weighted by molar-refractivity contribution is 6.21. The lowest BCUT2D eigenvalue weighted by Gasteiger charge is -2.37. The number of likely N-dealkylation sites (tertiary alicyclic amines) is 1. The maximum Gasteiger partial charge on any atom is 0.267 e. The Morgan fingerprint density at radius 2 is 1.60 bits per heavy atom. The molecule has 7 rings (SSSR count). The molecule has 3 fully saturated rings. The lowest BCUT2D eigenvalue weighted by atomic mass is 9.63.